The SMILES string of the molecule is CCNC(CCO)COc1ccc(F)cc1F. The Bertz CT molecular complexity index is 341. The Balaban J connectivity index is 2.52. The van der Waals surface area contributed by atoms with Crippen LogP contribution in [0.1, 0.15) is 13.3 Å². The van der Waals surface area contributed by atoms with Crippen molar-refractivity contribution in [3.63, 3.8) is 0 Å². The van der Waals surface area contributed by atoms with Crippen LogP contribution in [-0.4, -0.2) is 30.9 Å². The molecule has 0 spiro atoms. The van der Waals surface area contributed by atoms with Gasteiger partial charge in [-0.25, -0.2) is 8.78 Å². The highest BCUT2D eigenvalue weighted by Gasteiger charge is 2.10. The normalized spacial score (nSPS) is 12.5. The van der Waals surface area contributed by atoms with E-state index < -0.39 is 11.6 Å². The van der Waals surface area contributed by atoms with Crippen LogP contribution in [0.3, 0.4) is 0 Å². The predicted molar refractivity (Wildman–Crippen MR) is 61.0 cm³/mol. The zero-order chi connectivity index (χ0) is 12.7. The molecular formula is C12H17F2NO2. The largest absolute Gasteiger partial charge is 0.489 e. The van der Waals surface area contributed by atoms with Gasteiger partial charge >= 0.3 is 0 Å². The fraction of sp³-hybridized carbons (Fsp3) is 0.500. The average Bonchev–Trinajstić information content (AvgIpc) is 2.28. The molecule has 1 atom stereocenters. The number of ether oxygens (including phenoxy) is 1. The molecular weight excluding hydrogens is 228 g/mol. The van der Waals surface area contributed by atoms with Crippen LogP contribution < -0.4 is 10.1 Å². The second kappa shape index (κ2) is 7.19. The average molecular weight is 245 g/mol. The second-order valence-corrected chi connectivity index (χ2v) is 3.65. The first-order valence-corrected chi connectivity index (χ1v) is 5.59. The Morgan fingerprint density at radius 3 is 2.76 bits per heavy atom. The summed E-state index contributed by atoms with van der Waals surface area (Å²) < 4.78 is 31.1. The lowest BCUT2D eigenvalue weighted by Crippen LogP contribution is -2.35. The molecule has 0 aromatic heterocycles. The number of hydrogen-bond acceptors (Lipinski definition) is 3. The van der Waals surface area contributed by atoms with Crippen molar-refractivity contribution < 1.29 is 18.6 Å². The Labute approximate surface area is 99.4 Å². The molecule has 0 amide bonds. The van der Waals surface area contributed by atoms with Gasteiger partial charge in [0.1, 0.15) is 12.4 Å². The summed E-state index contributed by atoms with van der Waals surface area (Å²) in [6.07, 6.45) is 0.524. The fourth-order valence-electron chi connectivity index (χ4n) is 1.47. The summed E-state index contributed by atoms with van der Waals surface area (Å²) in [6, 6.07) is 3.14. The minimum atomic E-state index is -0.718. The van der Waals surface area contributed by atoms with Gasteiger partial charge in [-0.15, -0.1) is 0 Å². The molecule has 1 aromatic rings. The van der Waals surface area contributed by atoms with Crippen molar-refractivity contribution in [1.29, 1.82) is 0 Å². The summed E-state index contributed by atoms with van der Waals surface area (Å²) in [6.45, 7) is 2.94. The molecule has 3 nitrogen and oxygen atoms in total. The lowest BCUT2D eigenvalue weighted by Gasteiger charge is -2.17. The Morgan fingerprint density at radius 2 is 2.18 bits per heavy atom. The lowest BCUT2D eigenvalue weighted by molar-refractivity contribution is 0.210. The van der Waals surface area contributed by atoms with Gasteiger partial charge in [0.25, 0.3) is 0 Å². The Hall–Kier alpha value is -1.20. The topological polar surface area (TPSA) is 41.5 Å². The number of likely N-dealkylation sites (N-methyl/N-ethyl adjacent to an activating group) is 1. The molecule has 17 heavy (non-hydrogen) atoms. The molecule has 2 N–H and O–H groups in total. The Morgan fingerprint density at radius 1 is 1.41 bits per heavy atom. The van der Waals surface area contributed by atoms with Crippen LogP contribution >= 0.6 is 0 Å². The van der Waals surface area contributed by atoms with E-state index in [0.717, 1.165) is 18.7 Å². The maximum Gasteiger partial charge on any atom is 0.167 e. The molecule has 0 aliphatic carbocycles. The molecule has 96 valence electrons. The van der Waals surface area contributed by atoms with Crippen molar-refractivity contribution in [3.05, 3.63) is 29.8 Å². The highest BCUT2D eigenvalue weighted by molar-refractivity contribution is 5.24. The number of benzene rings is 1. The van der Waals surface area contributed by atoms with E-state index in [0.29, 0.717) is 6.42 Å². The van der Waals surface area contributed by atoms with Crippen LogP contribution in [0.5, 0.6) is 5.75 Å². The van der Waals surface area contributed by atoms with E-state index in [-0.39, 0.29) is 25.0 Å². The maximum atomic E-state index is 13.2. The molecule has 5 heteroatoms. The maximum absolute atomic E-state index is 13.2. The third-order valence-electron chi connectivity index (χ3n) is 2.30. The van der Waals surface area contributed by atoms with Crippen LogP contribution in [0, 0.1) is 11.6 Å². The highest BCUT2D eigenvalue weighted by Crippen LogP contribution is 2.17. The van der Waals surface area contributed by atoms with Crippen LogP contribution in [0.15, 0.2) is 18.2 Å². The van der Waals surface area contributed by atoms with Gasteiger partial charge in [0.2, 0.25) is 0 Å². The molecule has 0 saturated heterocycles. The number of hydrogen-bond donors (Lipinski definition) is 2. The number of halogens is 2. The minimum Gasteiger partial charge on any atom is -0.489 e. The van der Waals surface area contributed by atoms with Crippen LogP contribution in [0.4, 0.5) is 8.78 Å². The molecule has 1 rings (SSSR count). The smallest absolute Gasteiger partial charge is 0.167 e. The molecule has 1 unspecified atom stereocenters. The predicted octanol–water partition coefficient (Wildman–Crippen LogP) is 1.70. The third-order valence-corrected chi connectivity index (χ3v) is 2.30. The summed E-state index contributed by atoms with van der Waals surface area (Å²) in [5.41, 5.74) is 0. The lowest BCUT2D eigenvalue weighted by atomic mass is 10.2. The van der Waals surface area contributed by atoms with Crippen LogP contribution in [-0.2, 0) is 0 Å². The number of aliphatic hydroxyl groups excluding tert-OH is 1. The number of rotatable bonds is 7. The van der Waals surface area contributed by atoms with E-state index >= 15 is 0 Å². The first kappa shape index (κ1) is 13.9. The monoisotopic (exact) mass is 245 g/mol. The fourth-order valence-corrected chi connectivity index (χ4v) is 1.47. The summed E-state index contributed by atoms with van der Waals surface area (Å²) in [7, 11) is 0. The van der Waals surface area contributed by atoms with E-state index in [4.69, 9.17) is 9.84 Å². The molecule has 0 aliphatic rings. The van der Waals surface area contributed by atoms with E-state index in [9.17, 15) is 8.78 Å². The van der Waals surface area contributed by atoms with Gasteiger partial charge in [-0.05, 0) is 25.1 Å². The van der Waals surface area contributed by atoms with Gasteiger partial charge in [-0.1, -0.05) is 6.92 Å². The van der Waals surface area contributed by atoms with Crippen LogP contribution in [0.2, 0.25) is 0 Å². The van der Waals surface area contributed by atoms with E-state index in [1.807, 2.05) is 6.92 Å². The van der Waals surface area contributed by atoms with Crippen molar-refractivity contribution in [2.24, 2.45) is 0 Å². The second-order valence-electron chi connectivity index (χ2n) is 3.65. The molecule has 0 bridgehead atoms. The van der Waals surface area contributed by atoms with Gasteiger partial charge in [0.15, 0.2) is 11.6 Å². The molecule has 0 fully saturated rings. The van der Waals surface area contributed by atoms with Gasteiger partial charge in [0.05, 0.1) is 0 Å². The molecule has 0 aliphatic heterocycles. The summed E-state index contributed by atoms with van der Waals surface area (Å²) in [5.74, 6) is -1.33. The standard InChI is InChI=1S/C12H17F2NO2/c1-2-15-10(5-6-16)8-17-12-4-3-9(13)7-11(12)14/h3-4,7,10,15-16H,2,5-6,8H2,1H3. The quantitative estimate of drug-likeness (QED) is 0.768. The molecule has 0 radical (unpaired) electrons. The van der Waals surface area contributed by atoms with Crippen molar-refractivity contribution in [3.8, 4) is 5.75 Å². The first-order valence-electron chi connectivity index (χ1n) is 5.59. The molecule has 0 heterocycles. The van der Waals surface area contributed by atoms with Crippen molar-refractivity contribution in [1.82, 2.24) is 5.32 Å². The van der Waals surface area contributed by atoms with Gasteiger partial charge in [-0.3, -0.25) is 0 Å². The zero-order valence-electron chi connectivity index (χ0n) is 9.75. The first-order chi connectivity index (χ1) is 8.17. The van der Waals surface area contributed by atoms with Crippen molar-refractivity contribution >= 4 is 0 Å². The van der Waals surface area contributed by atoms with Gasteiger partial charge in [0, 0.05) is 18.7 Å². The summed E-state index contributed by atoms with van der Waals surface area (Å²) in [5, 5.41) is 11.9. The summed E-state index contributed by atoms with van der Waals surface area (Å²) in [4.78, 5) is 0. The van der Waals surface area contributed by atoms with E-state index in [2.05, 4.69) is 5.32 Å². The number of nitrogens with one attached hydrogen (secondary N) is 1. The van der Waals surface area contributed by atoms with Crippen molar-refractivity contribution in [2.45, 2.75) is 19.4 Å². The molecule has 0 saturated carbocycles. The van der Waals surface area contributed by atoms with Crippen LogP contribution in [0.25, 0.3) is 0 Å². The third kappa shape index (κ3) is 4.66. The highest BCUT2D eigenvalue weighted by atomic mass is 19.1. The van der Waals surface area contributed by atoms with Gasteiger partial charge < -0.3 is 15.2 Å². The molecule has 1 aromatic carbocycles. The zero-order valence-corrected chi connectivity index (χ0v) is 9.75. The van der Waals surface area contributed by atoms with Gasteiger partial charge in [-0.2, -0.15) is 0 Å². The van der Waals surface area contributed by atoms with E-state index in [1.54, 1.807) is 0 Å². The Kier molecular flexibility index (Phi) is 5.86. The summed E-state index contributed by atoms with van der Waals surface area (Å²) >= 11 is 0. The number of aliphatic hydroxyl groups is 1. The van der Waals surface area contributed by atoms with Crippen molar-refractivity contribution in [2.75, 3.05) is 19.8 Å². The van der Waals surface area contributed by atoms with E-state index in [1.165, 1.54) is 6.07 Å². The minimum absolute atomic E-state index is 0.0206.